The molecule has 10 heteroatoms. The van der Waals surface area contributed by atoms with Gasteiger partial charge in [-0.05, 0) is 26.8 Å². The summed E-state index contributed by atoms with van der Waals surface area (Å²) in [5.41, 5.74) is -1.88. The van der Waals surface area contributed by atoms with Crippen LogP contribution in [-0.4, -0.2) is 24.4 Å². The molecule has 1 amide bonds. The number of nitrogens with one attached hydrogen (secondary N) is 2. The zero-order valence-electron chi connectivity index (χ0n) is 16.4. The van der Waals surface area contributed by atoms with Gasteiger partial charge in [0, 0.05) is 36.6 Å². The molecule has 2 aromatic rings. The zero-order valence-corrected chi connectivity index (χ0v) is 15.2. The zero-order chi connectivity index (χ0) is 21.6. The van der Waals surface area contributed by atoms with Gasteiger partial charge < -0.3 is 9.88 Å². The van der Waals surface area contributed by atoms with Gasteiger partial charge in [0.05, 0.1) is 2.74 Å². The maximum absolute atomic E-state index is 13.6. The van der Waals surface area contributed by atoms with Gasteiger partial charge in [-0.25, -0.2) is 26.3 Å². The second-order valence-electron chi connectivity index (χ2n) is 6.55. The first-order valence-electron chi connectivity index (χ1n) is 8.31. The number of hydrogen-bond donors (Lipinski definition) is 2. The van der Waals surface area contributed by atoms with Crippen LogP contribution >= 0.6 is 0 Å². The van der Waals surface area contributed by atoms with Gasteiger partial charge >= 0.3 is 0 Å². The number of anilines is 1. The summed E-state index contributed by atoms with van der Waals surface area (Å²) >= 11 is 0. The van der Waals surface area contributed by atoms with Crippen LogP contribution in [0.1, 0.15) is 34.0 Å². The van der Waals surface area contributed by atoms with Gasteiger partial charge in [-0.1, -0.05) is 0 Å². The molecule has 0 bridgehead atoms. The fraction of sp³-hybridized carbons (Fsp3) is 0.312. The van der Waals surface area contributed by atoms with Crippen LogP contribution in [0.4, 0.5) is 18.9 Å². The number of carbonyl (C=O) groups excluding carboxylic acids is 1. The largest absolute Gasteiger partial charge is 0.345 e. The highest BCUT2D eigenvalue weighted by Crippen LogP contribution is 2.20. The number of benzene rings is 1. The summed E-state index contributed by atoms with van der Waals surface area (Å²) in [5, 5.41) is 1.96. The number of aromatic nitrogens is 1. The van der Waals surface area contributed by atoms with E-state index in [0.29, 0.717) is 0 Å². The Bertz CT molecular complexity index is 1030. The van der Waals surface area contributed by atoms with E-state index in [2.05, 4.69) is 4.72 Å². The van der Waals surface area contributed by atoms with E-state index in [1.54, 1.807) is 20.8 Å². The molecular weight excluding hydrogens is 371 g/mol. The molecule has 0 unspecified atom stereocenters. The Morgan fingerprint density at radius 3 is 2.23 bits per heavy atom. The van der Waals surface area contributed by atoms with Crippen LogP contribution in [-0.2, 0) is 17.1 Å². The molecule has 26 heavy (non-hydrogen) atoms. The van der Waals surface area contributed by atoms with Crippen LogP contribution in [0.3, 0.4) is 0 Å². The first-order valence-corrected chi connectivity index (χ1v) is 8.79. The van der Waals surface area contributed by atoms with Gasteiger partial charge in [0.1, 0.15) is 10.6 Å². The molecule has 0 atom stereocenters. The van der Waals surface area contributed by atoms with Gasteiger partial charge in [0.15, 0.2) is 17.5 Å². The third-order valence-corrected chi connectivity index (χ3v) is 4.78. The summed E-state index contributed by atoms with van der Waals surface area (Å²) in [6.07, 6.45) is 1.15. The molecular formula is C16H18F3N3O3S. The van der Waals surface area contributed by atoms with Crippen molar-refractivity contribution in [3.63, 3.8) is 0 Å². The number of carbonyl (C=O) groups is 1. The summed E-state index contributed by atoms with van der Waals surface area (Å²) < 4.78 is 83.6. The molecule has 0 saturated carbocycles. The minimum absolute atomic E-state index is 0.224. The number of halogens is 3. The molecule has 0 aliphatic carbocycles. The lowest BCUT2D eigenvalue weighted by Crippen LogP contribution is -2.40. The maximum Gasteiger partial charge on any atom is 0.272 e. The minimum atomic E-state index is -3.96. The molecule has 0 spiro atoms. The van der Waals surface area contributed by atoms with E-state index in [1.165, 1.54) is 7.05 Å². The third-order valence-electron chi connectivity index (χ3n) is 3.06. The normalized spacial score (nSPS) is 13.3. The molecule has 1 aromatic heterocycles. The van der Waals surface area contributed by atoms with Crippen LogP contribution in [0.5, 0.6) is 0 Å². The lowest BCUT2D eigenvalue weighted by Gasteiger charge is -2.19. The van der Waals surface area contributed by atoms with E-state index >= 15 is 0 Å². The molecule has 2 N–H and O–H groups in total. The molecule has 0 saturated heterocycles. The van der Waals surface area contributed by atoms with Gasteiger partial charge in [-0.2, -0.15) is 0 Å². The summed E-state index contributed by atoms with van der Waals surface area (Å²) in [4.78, 5) is 12.2. The van der Waals surface area contributed by atoms with Crippen molar-refractivity contribution in [2.75, 3.05) is 5.32 Å². The number of sulfonamides is 1. The Morgan fingerprint density at radius 2 is 1.73 bits per heavy atom. The molecule has 1 aromatic carbocycles. The van der Waals surface area contributed by atoms with Crippen LogP contribution in [0, 0.1) is 17.5 Å². The summed E-state index contributed by atoms with van der Waals surface area (Å²) in [7, 11) is -2.59. The lowest BCUT2D eigenvalue weighted by atomic mass is 10.1. The number of amides is 1. The van der Waals surface area contributed by atoms with Crippen molar-refractivity contribution in [1.29, 1.82) is 0 Å². The summed E-state index contributed by atoms with van der Waals surface area (Å²) in [6, 6.07) is -1.38. The molecule has 0 aliphatic rings. The van der Waals surface area contributed by atoms with E-state index in [4.69, 9.17) is 2.74 Å². The quantitative estimate of drug-likeness (QED) is 0.787. The van der Waals surface area contributed by atoms with Gasteiger partial charge in [-0.3, -0.25) is 4.79 Å². The fourth-order valence-electron chi connectivity index (χ4n) is 2.07. The fourth-order valence-corrected chi connectivity index (χ4v) is 3.55. The van der Waals surface area contributed by atoms with Crippen LogP contribution in [0.15, 0.2) is 29.2 Å². The first-order chi connectivity index (χ1) is 12.7. The van der Waals surface area contributed by atoms with E-state index in [1.807, 2.05) is 5.32 Å². The third kappa shape index (κ3) is 4.44. The van der Waals surface area contributed by atoms with Gasteiger partial charge in [0.25, 0.3) is 5.91 Å². The highest BCUT2D eigenvalue weighted by Gasteiger charge is 2.25. The average Bonchev–Trinajstić information content (AvgIpc) is 2.96. The maximum atomic E-state index is 13.6. The Balaban J connectivity index is 2.42. The SMILES string of the molecule is [2H]c1c(F)c(F)c(F)c([2H])c1NC(=O)c1cc(S(=O)(=O)NC(C)(C)C)cn1C. The Morgan fingerprint density at radius 1 is 1.19 bits per heavy atom. The van der Waals surface area contributed by atoms with Crippen molar-refractivity contribution in [2.24, 2.45) is 7.05 Å². The number of nitrogens with zero attached hydrogens (tertiary/aromatic N) is 1. The summed E-state index contributed by atoms with van der Waals surface area (Å²) in [6.45, 7) is 4.89. The smallest absolute Gasteiger partial charge is 0.272 e. The molecule has 2 rings (SSSR count). The average molecular weight is 391 g/mol. The van der Waals surface area contributed by atoms with E-state index in [9.17, 15) is 26.4 Å². The van der Waals surface area contributed by atoms with E-state index in [-0.39, 0.29) is 10.6 Å². The molecule has 1 heterocycles. The number of aryl methyl sites for hydroxylation is 1. The number of rotatable bonds is 4. The number of hydrogen-bond acceptors (Lipinski definition) is 3. The lowest BCUT2D eigenvalue weighted by molar-refractivity contribution is 0.101. The molecule has 142 valence electrons. The molecule has 0 fully saturated rings. The second-order valence-corrected chi connectivity index (χ2v) is 8.23. The Labute approximate surface area is 151 Å². The highest BCUT2D eigenvalue weighted by atomic mass is 32.2. The first kappa shape index (κ1) is 17.1. The van der Waals surface area contributed by atoms with E-state index < -0.39 is 56.7 Å². The monoisotopic (exact) mass is 391 g/mol. The van der Waals surface area contributed by atoms with Crippen LogP contribution in [0.25, 0.3) is 0 Å². The van der Waals surface area contributed by atoms with Crippen molar-refractivity contribution >= 4 is 21.6 Å². The van der Waals surface area contributed by atoms with Crippen LogP contribution in [0.2, 0.25) is 0 Å². The van der Waals surface area contributed by atoms with Gasteiger partial charge in [0.2, 0.25) is 10.0 Å². The predicted molar refractivity (Wildman–Crippen MR) is 89.8 cm³/mol. The van der Waals surface area contributed by atoms with Crippen molar-refractivity contribution < 1.29 is 29.1 Å². The Kier molecular flexibility index (Phi) is 4.45. The molecule has 0 aliphatic heterocycles. The molecule has 0 radical (unpaired) electrons. The standard InChI is InChI=1S/C16H18F3N3O3S/c1-16(2,3)21-26(24,25)10-7-13(22(4)8-10)15(23)20-9-5-11(17)14(19)12(18)6-9/h5-8,21H,1-4H3,(H,20,23)/i5D,6D. The highest BCUT2D eigenvalue weighted by molar-refractivity contribution is 7.89. The van der Waals surface area contributed by atoms with Gasteiger partial charge in [-0.15, -0.1) is 0 Å². The van der Waals surface area contributed by atoms with E-state index in [0.717, 1.165) is 16.8 Å². The predicted octanol–water partition coefficient (Wildman–Crippen LogP) is 2.77. The molecule has 6 nitrogen and oxygen atoms in total. The second kappa shape index (κ2) is 6.76. The Hall–Kier alpha value is -2.33. The van der Waals surface area contributed by atoms with Crippen LogP contribution < -0.4 is 10.0 Å². The van der Waals surface area contributed by atoms with Crippen molar-refractivity contribution in [1.82, 2.24) is 9.29 Å². The topological polar surface area (TPSA) is 80.2 Å². The van der Waals surface area contributed by atoms with Crippen molar-refractivity contribution in [3.8, 4) is 0 Å². The van der Waals surface area contributed by atoms with Crippen molar-refractivity contribution in [3.05, 3.63) is 47.5 Å². The van der Waals surface area contributed by atoms with Crippen molar-refractivity contribution in [2.45, 2.75) is 31.2 Å². The minimum Gasteiger partial charge on any atom is -0.345 e. The summed E-state index contributed by atoms with van der Waals surface area (Å²) in [5.74, 6) is -6.73.